The fraction of sp³-hybridized carbons (Fsp3) is 0.583. The molecule has 5 heteroatoms. The molecule has 0 aromatic heterocycles. The number of hydrogen-bond donors (Lipinski definition) is 0. The molecular weight excluding hydrogens is 222 g/mol. The average Bonchev–Trinajstić information content (AvgIpc) is 2.71. The van der Waals surface area contributed by atoms with Crippen molar-refractivity contribution < 1.29 is 23.6 Å². The molecular formula is C12H18NO4+. The lowest BCUT2D eigenvalue weighted by Gasteiger charge is -2.12. The van der Waals surface area contributed by atoms with E-state index in [9.17, 15) is 9.59 Å². The zero-order chi connectivity index (χ0) is 13.0. The maximum atomic E-state index is 11.4. The van der Waals surface area contributed by atoms with E-state index in [4.69, 9.17) is 0 Å². The molecule has 1 heterocycles. The summed E-state index contributed by atoms with van der Waals surface area (Å²) in [7, 11) is 2.69. The number of ether oxygens (including phenoxy) is 2. The molecule has 0 aromatic carbocycles. The van der Waals surface area contributed by atoms with E-state index < -0.39 is 6.09 Å². The van der Waals surface area contributed by atoms with Crippen molar-refractivity contribution in [2.24, 2.45) is 11.8 Å². The number of hydrogen-bond acceptors (Lipinski definition) is 4. The molecule has 2 atom stereocenters. The predicted octanol–water partition coefficient (Wildman–Crippen LogP) is 1.22. The second kappa shape index (κ2) is 5.61. The van der Waals surface area contributed by atoms with Gasteiger partial charge in [-0.1, -0.05) is 12.2 Å². The molecule has 0 bridgehead atoms. The molecule has 1 rings (SSSR count). The highest BCUT2D eigenvalue weighted by Crippen LogP contribution is 2.26. The number of esters is 1. The molecule has 94 valence electrons. The third kappa shape index (κ3) is 3.15. The minimum atomic E-state index is -0.413. The van der Waals surface area contributed by atoms with Gasteiger partial charge in [0.1, 0.15) is 0 Å². The Kier molecular flexibility index (Phi) is 4.43. The van der Waals surface area contributed by atoms with Gasteiger partial charge in [-0.2, -0.15) is 4.79 Å². The number of carbonyl (C=O) groups is 2. The highest BCUT2D eigenvalue weighted by molar-refractivity contribution is 5.77. The second-order valence-electron chi connectivity index (χ2n) is 4.17. The first-order valence-electron chi connectivity index (χ1n) is 5.41. The molecule has 1 aliphatic heterocycles. The molecule has 0 fully saturated rings. The fourth-order valence-electron chi connectivity index (χ4n) is 1.99. The van der Waals surface area contributed by atoms with Crippen molar-refractivity contribution in [3.05, 3.63) is 12.2 Å². The Balaban J connectivity index is 2.81. The van der Waals surface area contributed by atoms with Crippen molar-refractivity contribution in [2.75, 3.05) is 20.8 Å². The van der Waals surface area contributed by atoms with Gasteiger partial charge in [0.25, 0.3) is 0 Å². The van der Waals surface area contributed by atoms with Gasteiger partial charge in [-0.25, -0.2) is 0 Å². The summed E-state index contributed by atoms with van der Waals surface area (Å²) in [6.45, 7) is 6.29. The number of nitrogens with zero attached hydrogens (tertiary/aromatic N) is 1. The minimum absolute atomic E-state index is 0.0564. The van der Waals surface area contributed by atoms with E-state index in [0.717, 1.165) is 5.57 Å². The summed E-state index contributed by atoms with van der Waals surface area (Å²) in [6, 6.07) is 0. The molecule has 1 amide bonds. The van der Waals surface area contributed by atoms with Crippen molar-refractivity contribution in [3.8, 4) is 0 Å². The topological polar surface area (TPSA) is 55.6 Å². The summed E-state index contributed by atoms with van der Waals surface area (Å²) < 4.78 is 10.8. The Labute approximate surface area is 101 Å². The molecule has 0 N–H and O–H groups in total. The quantitative estimate of drug-likeness (QED) is 0.423. The van der Waals surface area contributed by atoms with E-state index in [2.05, 4.69) is 16.1 Å². The minimum Gasteiger partial charge on any atom is -0.469 e. The van der Waals surface area contributed by atoms with Crippen LogP contribution in [0, 0.1) is 11.8 Å². The number of methoxy groups -OCH3 is 2. The third-order valence-electron chi connectivity index (χ3n) is 2.95. The number of amides is 1. The molecule has 0 saturated carbocycles. The zero-order valence-corrected chi connectivity index (χ0v) is 10.4. The average molecular weight is 240 g/mol. The highest BCUT2D eigenvalue weighted by Gasteiger charge is 2.39. The van der Waals surface area contributed by atoms with Crippen molar-refractivity contribution in [1.82, 2.24) is 0 Å². The molecule has 0 saturated heterocycles. The monoisotopic (exact) mass is 240 g/mol. The van der Waals surface area contributed by atoms with Crippen LogP contribution in [0.4, 0.5) is 4.79 Å². The molecule has 5 nitrogen and oxygen atoms in total. The van der Waals surface area contributed by atoms with Crippen LogP contribution in [0.2, 0.25) is 0 Å². The second-order valence-corrected chi connectivity index (χ2v) is 4.17. The molecule has 0 radical (unpaired) electrons. The van der Waals surface area contributed by atoms with E-state index >= 15 is 0 Å². The largest absolute Gasteiger partial charge is 0.595 e. The Morgan fingerprint density at radius 3 is 2.53 bits per heavy atom. The summed E-state index contributed by atoms with van der Waals surface area (Å²) in [6.07, 6.45) is 1.56. The lowest BCUT2D eigenvalue weighted by molar-refractivity contribution is -0.437. The molecule has 17 heavy (non-hydrogen) atoms. The molecule has 1 aliphatic rings. The van der Waals surface area contributed by atoms with Crippen LogP contribution in [0.15, 0.2) is 12.2 Å². The Bertz CT molecular complexity index is 373. The normalized spacial score (nSPS) is 22.9. The van der Waals surface area contributed by atoms with Crippen LogP contribution in [0.5, 0.6) is 0 Å². The summed E-state index contributed by atoms with van der Waals surface area (Å²) in [5, 5.41) is 0. The molecule has 0 aliphatic carbocycles. The summed E-state index contributed by atoms with van der Waals surface area (Å²) in [5.41, 5.74) is 0.946. The predicted molar refractivity (Wildman–Crippen MR) is 62.0 cm³/mol. The van der Waals surface area contributed by atoms with Crippen LogP contribution >= 0.6 is 0 Å². The van der Waals surface area contributed by atoms with Gasteiger partial charge < -0.3 is 9.47 Å². The molecule has 0 aromatic rings. The smallest absolute Gasteiger partial charge is 0.469 e. The maximum Gasteiger partial charge on any atom is 0.595 e. The standard InChI is InChI=1S/C12H18NO4/c1-8(2)10-7-13(12(15)17-4)6-9(10)5-11(14)16-3/h6,9-10H,1,5,7H2,2-4H3/q+1/t9-,10-/m1/s1. The molecule has 0 unspecified atom stereocenters. The highest BCUT2D eigenvalue weighted by atomic mass is 16.5. The number of rotatable bonds is 3. The third-order valence-corrected chi connectivity index (χ3v) is 2.95. The van der Waals surface area contributed by atoms with E-state index in [0.29, 0.717) is 6.54 Å². The Morgan fingerprint density at radius 2 is 2.06 bits per heavy atom. The zero-order valence-electron chi connectivity index (χ0n) is 10.4. The van der Waals surface area contributed by atoms with Gasteiger partial charge in [0.05, 0.1) is 32.5 Å². The van der Waals surface area contributed by atoms with Crippen molar-refractivity contribution in [1.29, 1.82) is 0 Å². The lowest BCUT2D eigenvalue weighted by atomic mass is 9.88. The van der Waals surface area contributed by atoms with Gasteiger partial charge in [-0.15, -0.1) is 4.58 Å². The van der Waals surface area contributed by atoms with E-state index in [-0.39, 0.29) is 24.2 Å². The van der Waals surface area contributed by atoms with Gasteiger partial charge in [0.15, 0.2) is 12.8 Å². The van der Waals surface area contributed by atoms with Gasteiger partial charge in [-0.3, -0.25) is 4.79 Å². The van der Waals surface area contributed by atoms with Crippen LogP contribution in [0.1, 0.15) is 13.3 Å². The number of carbonyl (C=O) groups excluding carboxylic acids is 2. The van der Waals surface area contributed by atoms with Crippen molar-refractivity contribution in [2.45, 2.75) is 13.3 Å². The molecule has 0 spiro atoms. The van der Waals surface area contributed by atoms with Gasteiger partial charge >= 0.3 is 12.1 Å². The summed E-state index contributed by atoms with van der Waals surface area (Å²) >= 11 is 0. The first-order valence-corrected chi connectivity index (χ1v) is 5.41. The fourth-order valence-corrected chi connectivity index (χ4v) is 1.99. The summed E-state index contributed by atoms with van der Waals surface area (Å²) in [4.78, 5) is 22.7. The summed E-state index contributed by atoms with van der Waals surface area (Å²) in [5.74, 6) is -0.267. The van der Waals surface area contributed by atoms with Gasteiger partial charge in [0.2, 0.25) is 0 Å². The first-order chi connectivity index (χ1) is 7.99. The van der Waals surface area contributed by atoms with E-state index in [1.807, 2.05) is 6.92 Å². The van der Waals surface area contributed by atoms with E-state index in [1.54, 1.807) is 6.21 Å². The Hall–Kier alpha value is -1.65. The van der Waals surface area contributed by atoms with Gasteiger partial charge in [0, 0.05) is 0 Å². The lowest BCUT2D eigenvalue weighted by Crippen LogP contribution is -2.22. The van der Waals surface area contributed by atoms with E-state index in [1.165, 1.54) is 18.8 Å². The van der Waals surface area contributed by atoms with Crippen LogP contribution < -0.4 is 0 Å². The van der Waals surface area contributed by atoms with Crippen molar-refractivity contribution >= 4 is 18.3 Å². The van der Waals surface area contributed by atoms with Crippen LogP contribution in [0.3, 0.4) is 0 Å². The Morgan fingerprint density at radius 1 is 1.41 bits per heavy atom. The van der Waals surface area contributed by atoms with Crippen LogP contribution in [-0.4, -0.2) is 43.6 Å². The first kappa shape index (κ1) is 13.4. The van der Waals surface area contributed by atoms with Crippen LogP contribution in [0.25, 0.3) is 0 Å². The van der Waals surface area contributed by atoms with Gasteiger partial charge in [-0.05, 0) is 6.92 Å². The van der Waals surface area contributed by atoms with Crippen molar-refractivity contribution in [3.63, 3.8) is 0 Å². The maximum absolute atomic E-state index is 11.4. The SMILES string of the molecule is C=C(C)[C@H]1C[N+](C(=O)OC)=C[C@H]1CC(=O)OC. The van der Waals surface area contributed by atoms with Crippen LogP contribution in [-0.2, 0) is 14.3 Å².